The van der Waals surface area contributed by atoms with Crippen LogP contribution in [-0.2, 0) is 16.8 Å². The number of rotatable bonds is 11. The van der Waals surface area contributed by atoms with Gasteiger partial charge in [0.25, 0.3) is 0 Å². The molecule has 0 aliphatic carbocycles. The molecular weight excluding hydrogens is 370 g/mol. The highest BCUT2D eigenvalue weighted by molar-refractivity contribution is 5.33. The fourth-order valence-corrected chi connectivity index (χ4v) is 4.63. The number of ether oxygens (including phenoxy) is 1. The number of hydrogen-bond acceptors (Lipinski definition) is 3. The minimum atomic E-state index is -0.875. The van der Waals surface area contributed by atoms with Crippen LogP contribution in [0.1, 0.15) is 68.6 Å². The summed E-state index contributed by atoms with van der Waals surface area (Å²) in [5, 5.41) is 12.3. The molecule has 1 saturated heterocycles. The lowest BCUT2D eigenvalue weighted by Crippen LogP contribution is -2.45. The summed E-state index contributed by atoms with van der Waals surface area (Å²) in [4.78, 5) is 2.46. The minimum absolute atomic E-state index is 0.0332. The molecule has 0 aromatic heterocycles. The summed E-state index contributed by atoms with van der Waals surface area (Å²) in [7, 11) is 0. The zero-order valence-corrected chi connectivity index (χ0v) is 18.9. The van der Waals surface area contributed by atoms with Gasteiger partial charge in [-0.3, -0.25) is 4.90 Å². The van der Waals surface area contributed by atoms with Gasteiger partial charge in [0.2, 0.25) is 0 Å². The van der Waals surface area contributed by atoms with E-state index in [2.05, 4.69) is 73.3 Å². The average molecular weight is 410 g/mol. The van der Waals surface area contributed by atoms with Gasteiger partial charge in [-0.1, -0.05) is 94.1 Å². The summed E-state index contributed by atoms with van der Waals surface area (Å²) in [6.45, 7) is 8.70. The Kier molecular flexibility index (Phi) is 8.92. The fourth-order valence-electron chi connectivity index (χ4n) is 4.63. The van der Waals surface area contributed by atoms with Crippen LogP contribution in [0, 0.1) is 0 Å². The molecule has 0 spiro atoms. The molecule has 2 aromatic carbocycles. The van der Waals surface area contributed by atoms with Crippen molar-refractivity contribution >= 4 is 0 Å². The van der Waals surface area contributed by atoms with Gasteiger partial charge in [-0.25, -0.2) is 0 Å². The topological polar surface area (TPSA) is 32.7 Å². The maximum atomic E-state index is 12.3. The van der Waals surface area contributed by atoms with Crippen LogP contribution in [0.25, 0.3) is 0 Å². The van der Waals surface area contributed by atoms with E-state index in [9.17, 15) is 5.11 Å². The normalized spacial score (nSPS) is 18.1. The van der Waals surface area contributed by atoms with Crippen molar-refractivity contribution in [1.82, 2.24) is 4.90 Å². The first-order chi connectivity index (χ1) is 14.7. The van der Waals surface area contributed by atoms with Crippen molar-refractivity contribution in [3.05, 3.63) is 71.3 Å². The number of benzene rings is 2. The second-order valence-corrected chi connectivity index (χ2v) is 8.66. The van der Waals surface area contributed by atoms with E-state index in [4.69, 9.17) is 4.74 Å². The second-order valence-electron chi connectivity index (χ2n) is 8.66. The number of aliphatic hydroxyl groups is 1. The molecule has 0 bridgehead atoms. The van der Waals surface area contributed by atoms with E-state index in [0.29, 0.717) is 0 Å². The van der Waals surface area contributed by atoms with E-state index in [1.165, 1.54) is 30.4 Å². The number of hydrogen-bond donors (Lipinski definition) is 1. The number of aryl methyl sites for hydroxylation is 1. The molecule has 0 saturated carbocycles. The molecule has 3 nitrogen and oxygen atoms in total. The van der Waals surface area contributed by atoms with Crippen LogP contribution in [0.3, 0.4) is 0 Å². The van der Waals surface area contributed by atoms with Gasteiger partial charge in [0, 0.05) is 25.6 Å². The van der Waals surface area contributed by atoms with Crippen LogP contribution in [0.2, 0.25) is 0 Å². The highest BCUT2D eigenvalue weighted by atomic mass is 16.5. The Labute approximate surface area is 183 Å². The Morgan fingerprint density at radius 3 is 2.27 bits per heavy atom. The fraction of sp³-hybridized carbons (Fsp3) is 0.556. The van der Waals surface area contributed by atoms with Crippen LogP contribution in [0.5, 0.6) is 0 Å². The van der Waals surface area contributed by atoms with Gasteiger partial charge in [-0.05, 0) is 29.5 Å². The molecule has 2 atom stereocenters. The molecule has 3 rings (SSSR count). The first kappa shape index (κ1) is 23.0. The van der Waals surface area contributed by atoms with Crippen molar-refractivity contribution in [3.8, 4) is 0 Å². The van der Waals surface area contributed by atoms with E-state index < -0.39 is 5.60 Å². The maximum absolute atomic E-state index is 12.3. The Morgan fingerprint density at radius 1 is 0.933 bits per heavy atom. The van der Waals surface area contributed by atoms with Gasteiger partial charge < -0.3 is 9.84 Å². The van der Waals surface area contributed by atoms with Gasteiger partial charge in [0.05, 0.1) is 18.8 Å². The quantitative estimate of drug-likeness (QED) is 0.496. The molecule has 0 radical (unpaired) electrons. The van der Waals surface area contributed by atoms with E-state index in [1.807, 2.05) is 0 Å². The van der Waals surface area contributed by atoms with E-state index in [-0.39, 0.29) is 5.92 Å². The monoisotopic (exact) mass is 409 g/mol. The molecule has 164 valence electrons. The third-order valence-electron chi connectivity index (χ3n) is 6.60. The van der Waals surface area contributed by atoms with Crippen molar-refractivity contribution in [2.24, 2.45) is 0 Å². The molecule has 1 aliphatic rings. The van der Waals surface area contributed by atoms with E-state index in [1.54, 1.807) is 0 Å². The van der Waals surface area contributed by atoms with E-state index >= 15 is 0 Å². The molecule has 2 unspecified atom stereocenters. The summed E-state index contributed by atoms with van der Waals surface area (Å²) in [5.41, 5.74) is 2.72. The average Bonchev–Trinajstić information content (AvgIpc) is 2.81. The molecule has 0 amide bonds. The SMILES string of the molecule is CCCCCCC(O)(c1ccc(CC)cc1)C(CN1CCOCC1)c1ccccc1. The summed E-state index contributed by atoms with van der Waals surface area (Å²) >= 11 is 0. The molecular formula is C27H39NO2. The predicted octanol–water partition coefficient (Wildman–Crippen LogP) is 5.52. The third kappa shape index (κ3) is 5.94. The number of morpholine rings is 1. The van der Waals surface area contributed by atoms with Crippen molar-refractivity contribution in [2.75, 3.05) is 32.8 Å². The van der Waals surface area contributed by atoms with Crippen molar-refractivity contribution in [2.45, 2.75) is 63.9 Å². The summed E-state index contributed by atoms with van der Waals surface area (Å²) in [6, 6.07) is 19.3. The summed E-state index contributed by atoms with van der Waals surface area (Å²) in [6.07, 6.45) is 6.47. The lowest BCUT2D eigenvalue weighted by Gasteiger charge is -2.41. The van der Waals surface area contributed by atoms with Gasteiger partial charge in [-0.2, -0.15) is 0 Å². The van der Waals surface area contributed by atoms with Gasteiger partial charge in [0.15, 0.2) is 0 Å². The van der Waals surface area contributed by atoms with Crippen LogP contribution in [0.15, 0.2) is 54.6 Å². The first-order valence-electron chi connectivity index (χ1n) is 11.8. The zero-order chi connectivity index (χ0) is 21.2. The Balaban J connectivity index is 1.95. The van der Waals surface area contributed by atoms with E-state index in [0.717, 1.165) is 57.7 Å². The van der Waals surface area contributed by atoms with Gasteiger partial charge in [0.1, 0.15) is 0 Å². The van der Waals surface area contributed by atoms with Crippen LogP contribution >= 0.6 is 0 Å². The third-order valence-corrected chi connectivity index (χ3v) is 6.60. The van der Waals surface area contributed by atoms with Gasteiger partial charge in [-0.15, -0.1) is 0 Å². The molecule has 1 heterocycles. The molecule has 1 aliphatic heterocycles. The predicted molar refractivity (Wildman–Crippen MR) is 125 cm³/mol. The minimum Gasteiger partial charge on any atom is -0.384 e. The molecule has 1 fully saturated rings. The standard InChI is InChI=1S/C27H39NO2/c1-3-5-6-10-17-27(29,25-15-13-23(4-2)14-16-25)26(24-11-8-7-9-12-24)22-28-18-20-30-21-19-28/h7-9,11-16,26,29H,3-6,10,17-22H2,1-2H3. The molecule has 30 heavy (non-hydrogen) atoms. The lowest BCUT2D eigenvalue weighted by atomic mass is 9.73. The van der Waals surface area contributed by atoms with Gasteiger partial charge >= 0.3 is 0 Å². The highest BCUT2D eigenvalue weighted by Gasteiger charge is 2.40. The Morgan fingerprint density at radius 2 is 1.63 bits per heavy atom. The largest absolute Gasteiger partial charge is 0.384 e. The van der Waals surface area contributed by atoms with Crippen molar-refractivity contribution in [3.63, 3.8) is 0 Å². The zero-order valence-electron chi connectivity index (χ0n) is 18.9. The van der Waals surface area contributed by atoms with Crippen LogP contribution in [0.4, 0.5) is 0 Å². The lowest BCUT2D eigenvalue weighted by molar-refractivity contribution is -0.0296. The van der Waals surface area contributed by atoms with Crippen LogP contribution < -0.4 is 0 Å². The molecule has 1 N–H and O–H groups in total. The maximum Gasteiger partial charge on any atom is 0.0977 e. The van der Waals surface area contributed by atoms with Crippen molar-refractivity contribution in [1.29, 1.82) is 0 Å². The molecule has 2 aromatic rings. The number of nitrogens with zero attached hydrogens (tertiary/aromatic N) is 1. The summed E-state index contributed by atoms with van der Waals surface area (Å²) in [5.74, 6) is 0.0332. The Bertz CT molecular complexity index is 724. The van der Waals surface area contributed by atoms with Crippen molar-refractivity contribution < 1.29 is 9.84 Å². The Hall–Kier alpha value is -1.68. The summed E-state index contributed by atoms with van der Waals surface area (Å²) < 4.78 is 5.57. The molecule has 3 heteroatoms. The first-order valence-corrected chi connectivity index (χ1v) is 11.8. The highest BCUT2D eigenvalue weighted by Crippen LogP contribution is 2.42. The number of unbranched alkanes of at least 4 members (excludes halogenated alkanes) is 3. The second kappa shape index (κ2) is 11.6. The van der Waals surface area contributed by atoms with Crippen LogP contribution in [-0.4, -0.2) is 42.9 Å². The smallest absolute Gasteiger partial charge is 0.0977 e.